The second-order valence-corrected chi connectivity index (χ2v) is 9.43. The first-order chi connectivity index (χ1) is 14.5. The van der Waals surface area contributed by atoms with Crippen molar-refractivity contribution < 1.29 is 9.47 Å². The highest BCUT2D eigenvalue weighted by molar-refractivity contribution is 7.08. The molecule has 1 aromatic carbocycles. The second kappa shape index (κ2) is 11.4. The van der Waals surface area contributed by atoms with Crippen LogP contribution in [0.4, 0.5) is 0 Å². The molecule has 1 aromatic heterocycles. The number of hydrogen-bond donors (Lipinski definition) is 0. The van der Waals surface area contributed by atoms with Gasteiger partial charge < -0.3 is 9.47 Å². The fourth-order valence-corrected chi connectivity index (χ4v) is 3.73. The van der Waals surface area contributed by atoms with Crippen LogP contribution in [0.3, 0.4) is 0 Å². The summed E-state index contributed by atoms with van der Waals surface area (Å²) in [5.41, 5.74) is 2.48. The summed E-state index contributed by atoms with van der Waals surface area (Å²) < 4.78 is 11.7. The minimum absolute atomic E-state index is 0.0572. The van der Waals surface area contributed by atoms with Crippen molar-refractivity contribution in [3.8, 4) is 28.7 Å². The fourth-order valence-electron chi connectivity index (χ4n) is 3.06. The van der Waals surface area contributed by atoms with E-state index in [-0.39, 0.29) is 5.41 Å². The Hall–Kier alpha value is -2.06. The van der Waals surface area contributed by atoms with Crippen LogP contribution in [0.15, 0.2) is 53.2 Å². The number of benzene rings is 1. The Morgan fingerprint density at radius 1 is 1.13 bits per heavy atom. The highest BCUT2D eigenvalue weighted by atomic mass is 32.1. The first-order valence-corrected chi connectivity index (χ1v) is 11.7. The van der Waals surface area contributed by atoms with E-state index in [2.05, 4.69) is 72.5 Å². The normalized spacial score (nSPS) is 14.1. The Labute approximate surface area is 185 Å². The fraction of sp³-hybridized carbons (Fsp3) is 0.462. The van der Waals surface area contributed by atoms with Crippen LogP contribution in [0.25, 0.3) is 11.1 Å². The third-order valence-corrected chi connectivity index (χ3v) is 5.44. The first kappa shape index (κ1) is 22.6. The summed E-state index contributed by atoms with van der Waals surface area (Å²) in [5, 5.41) is 4.25. The van der Waals surface area contributed by atoms with Crippen molar-refractivity contribution in [3.63, 3.8) is 0 Å². The molecule has 1 saturated carbocycles. The van der Waals surface area contributed by atoms with Gasteiger partial charge in [-0.15, -0.1) is 0 Å². The minimum Gasteiger partial charge on any atom is -0.491 e. The standard InChI is InChI=1S/C26H33NO2S/c1-26(2,3)13-5-4-6-14-27(24-10-11-24)15-16-28-17-18-29-25-9-7-8-22(20-25)23-12-19-30-21-23/h4,6-9,12,19-21,24H,10-11,14-18H2,1-3H3/b6-4+. The first-order valence-electron chi connectivity index (χ1n) is 10.8. The topological polar surface area (TPSA) is 21.7 Å². The molecule has 0 atom stereocenters. The van der Waals surface area contributed by atoms with Crippen LogP contribution in [0.1, 0.15) is 33.6 Å². The van der Waals surface area contributed by atoms with Crippen molar-refractivity contribution in [1.82, 2.24) is 4.90 Å². The van der Waals surface area contributed by atoms with Crippen molar-refractivity contribution >= 4 is 11.3 Å². The van der Waals surface area contributed by atoms with Gasteiger partial charge in [0.05, 0.1) is 13.2 Å². The van der Waals surface area contributed by atoms with Gasteiger partial charge in [0.25, 0.3) is 0 Å². The van der Waals surface area contributed by atoms with Crippen LogP contribution >= 0.6 is 11.3 Å². The Bertz CT molecular complexity index is 851. The summed E-state index contributed by atoms with van der Waals surface area (Å²) in [7, 11) is 0. The van der Waals surface area contributed by atoms with Crippen LogP contribution in [0.5, 0.6) is 5.75 Å². The molecule has 1 fully saturated rings. The SMILES string of the molecule is CC(C)(C)C#C/C=C/CN(CCOCCOc1cccc(-c2ccsc2)c1)C1CC1. The molecule has 4 heteroatoms. The summed E-state index contributed by atoms with van der Waals surface area (Å²) in [4.78, 5) is 2.49. The van der Waals surface area contributed by atoms with E-state index >= 15 is 0 Å². The van der Waals surface area contributed by atoms with Gasteiger partial charge in [0.15, 0.2) is 0 Å². The van der Waals surface area contributed by atoms with Crippen molar-refractivity contribution in [2.75, 3.05) is 32.9 Å². The summed E-state index contributed by atoms with van der Waals surface area (Å²) in [6.07, 6.45) is 6.75. The lowest BCUT2D eigenvalue weighted by molar-refractivity contribution is 0.0805. The van der Waals surface area contributed by atoms with E-state index in [1.165, 1.54) is 24.0 Å². The molecular formula is C26H33NO2S. The summed E-state index contributed by atoms with van der Waals surface area (Å²) >= 11 is 1.71. The monoisotopic (exact) mass is 423 g/mol. The van der Waals surface area contributed by atoms with Crippen LogP contribution in [-0.4, -0.2) is 43.9 Å². The van der Waals surface area contributed by atoms with Gasteiger partial charge in [-0.05, 0) is 79.8 Å². The van der Waals surface area contributed by atoms with E-state index in [0.29, 0.717) is 19.3 Å². The molecule has 1 aliphatic carbocycles. The van der Waals surface area contributed by atoms with Gasteiger partial charge in [-0.25, -0.2) is 0 Å². The second-order valence-electron chi connectivity index (χ2n) is 8.65. The van der Waals surface area contributed by atoms with Crippen molar-refractivity contribution in [2.24, 2.45) is 5.41 Å². The summed E-state index contributed by atoms with van der Waals surface area (Å²) in [6, 6.07) is 11.1. The van der Waals surface area contributed by atoms with E-state index in [1.54, 1.807) is 11.3 Å². The Balaban J connectivity index is 1.32. The van der Waals surface area contributed by atoms with Crippen LogP contribution < -0.4 is 4.74 Å². The lowest BCUT2D eigenvalue weighted by atomic mass is 9.98. The number of rotatable bonds is 11. The maximum atomic E-state index is 5.87. The highest BCUT2D eigenvalue weighted by Crippen LogP contribution is 2.27. The van der Waals surface area contributed by atoms with E-state index < -0.39 is 0 Å². The lowest BCUT2D eigenvalue weighted by Gasteiger charge is -2.19. The molecular weight excluding hydrogens is 390 g/mol. The molecule has 0 saturated heterocycles. The summed E-state index contributed by atoms with van der Waals surface area (Å²) in [6.45, 7) is 10.2. The smallest absolute Gasteiger partial charge is 0.120 e. The molecule has 3 rings (SSSR count). The molecule has 2 aromatic rings. The predicted molar refractivity (Wildman–Crippen MR) is 127 cm³/mol. The zero-order valence-electron chi connectivity index (χ0n) is 18.4. The van der Waals surface area contributed by atoms with Crippen LogP contribution in [-0.2, 0) is 4.74 Å². The summed E-state index contributed by atoms with van der Waals surface area (Å²) in [5.74, 6) is 7.28. The largest absolute Gasteiger partial charge is 0.491 e. The molecule has 160 valence electrons. The molecule has 0 unspecified atom stereocenters. The van der Waals surface area contributed by atoms with Crippen molar-refractivity contribution in [2.45, 2.75) is 39.7 Å². The number of nitrogens with zero attached hydrogens (tertiary/aromatic N) is 1. The molecule has 3 nitrogen and oxygen atoms in total. The highest BCUT2D eigenvalue weighted by Gasteiger charge is 2.27. The van der Waals surface area contributed by atoms with Crippen molar-refractivity contribution in [3.05, 3.63) is 53.2 Å². The molecule has 0 radical (unpaired) electrons. The molecule has 0 amide bonds. The molecule has 0 spiro atoms. The Morgan fingerprint density at radius 3 is 2.73 bits per heavy atom. The Morgan fingerprint density at radius 2 is 2.00 bits per heavy atom. The number of hydrogen-bond acceptors (Lipinski definition) is 4. The van der Waals surface area contributed by atoms with E-state index in [4.69, 9.17) is 9.47 Å². The van der Waals surface area contributed by atoms with Gasteiger partial charge in [-0.3, -0.25) is 4.90 Å². The lowest BCUT2D eigenvalue weighted by Crippen LogP contribution is -2.30. The quantitative estimate of drug-likeness (QED) is 0.333. The maximum Gasteiger partial charge on any atom is 0.120 e. The molecule has 30 heavy (non-hydrogen) atoms. The molecule has 0 N–H and O–H groups in total. The van der Waals surface area contributed by atoms with Gasteiger partial charge in [0.2, 0.25) is 0 Å². The maximum absolute atomic E-state index is 5.87. The third-order valence-electron chi connectivity index (χ3n) is 4.76. The average molecular weight is 424 g/mol. The van der Waals surface area contributed by atoms with Gasteiger partial charge in [0.1, 0.15) is 12.4 Å². The number of allylic oxidation sites excluding steroid dienone is 1. The third kappa shape index (κ3) is 8.36. The van der Waals surface area contributed by atoms with Crippen LogP contribution in [0.2, 0.25) is 0 Å². The zero-order valence-corrected chi connectivity index (χ0v) is 19.2. The molecule has 1 heterocycles. The van der Waals surface area contributed by atoms with Gasteiger partial charge in [0, 0.05) is 24.5 Å². The molecule has 0 aliphatic heterocycles. The van der Waals surface area contributed by atoms with Gasteiger partial charge in [-0.1, -0.05) is 30.0 Å². The van der Waals surface area contributed by atoms with E-state index in [1.807, 2.05) is 18.2 Å². The van der Waals surface area contributed by atoms with E-state index in [0.717, 1.165) is 25.4 Å². The zero-order chi connectivity index (χ0) is 21.2. The Kier molecular flexibility index (Phi) is 8.57. The van der Waals surface area contributed by atoms with Gasteiger partial charge >= 0.3 is 0 Å². The number of ether oxygens (including phenoxy) is 2. The predicted octanol–water partition coefficient (Wildman–Crippen LogP) is 5.88. The van der Waals surface area contributed by atoms with Crippen molar-refractivity contribution in [1.29, 1.82) is 0 Å². The van der Waals surface area contributed by atoms with Crippen LogP contribution in [0, 0.1) is 17.3 Å². The van der Waals surface area contributed by atoms with E-state index in [9.17, 15) is 0 Å². The molecule has 1 aliphatic rings. The van der Waals surface area contributed by atoms with Gasteiger partial charge in [-0.2, -0.15) is 11.3 Å². The molecule has 0 bridgehead atoms. The average Bonchev–Trinajstić information content (AvgIpc) is 3.41. The minimum atomic E-state index is 0.0572. The number of thiophene rings is 1.